The van der Waals surface area contributed by atoms with Crippen LogP contribution in [0.15, 0.2) is 0 Å². The molecule has 1 unspecified atom stereocenters. The summed E-state index contributed by atoms with van der Waals surface area (Å²) in [5, 5.41) is 12.2. The summed E-state index contributed by atoms with van der Waals surface area (Å²) in [5.41, 5.74) is -1.25. The highest BCUT2D eigenvalue weighted by Crippen LogP contribution is 2.27. The van der Waals surface area contributed by atoms with Crippen LogP contribution < -0.4 is 5.32 Å². The highest BCUT2D eigenvalue weighted by atomic mass is 19.4. The standard InChI is InChI=1S/C12H20F3NO2/c1-11(10(17)18,7-4-8-12(13,14)15)16-9-5-2-3-6-9/h9,16H,2-8H2,1H3,(H,17,18). The Bertz CT molecular complexity index is 288. The maximum Gasteiger partial charge on any atom is 0.389 e. The van der Waals surface area contributed by atoms with Crippen molar-refractivity contribution in [2.75, 3.05) is 0 Å². The number of hydrogen-bond donors (Lipinski definition) is 2. The third-order valence-corrected chi connectivity index (χ3v) is 3.49. The van der Waals surface area contributed by atoms with Crippen LogP contribution >= 0.6 is 0 Å². The highest BCUT2D eigenvalue weighted by Gasteiger charge is 2.37. The van der Waals surface area contributed by atoms with Crippen LogP contribution in [0.5, 0.6) is 0 Å². The molecular formula is C12H20F3NO2. The third-order valence-electron chi connectivity index (χ3n) is 3.49. The number of rotatable bonds is 6. The second-order valence-electron chi connectivity index (χ2n) is 5.23. The molecular weight excluding hydrogens is 247 g/mol. The smallest absolute Gasteiger partial charge is 0.389 e. The summed E-state index contributed by atoms with van der Waals surface area (Å²) in [4.78, 5) is 11.2. The van der Waals surface area contributed by atoms with Crippen molar-refractivity contribution in [3.63, 3.8) is 0 Å². The van der Waals surface area contributed by atoms with Gasteiger partial charge in [-0.2, -0.15) is 13.2 Å². The van der Waals surface area contributed by atoms with E-state index < -0.39 is 24.1 Å². The van der Waals surface area contributed by atoms with Crippen LogP contribution in [0.2, 0.25) is 0 Å². The molecule has 1 saturated carbocycles. The molecule has 1 rings (SSSR count). The van der Waals surface area contributed by atoms with Crippen molar-refractivity contribution in [3.8, 4) is 0 Å². The zero-order chi connectivity index (χ0) is 13.8. The molecule has 106 valence electrons. The second-order valence-corrected chi connectivity index (χ2v) is 5.23. The lowest BCUT2D eigenvalue weighted by Crippen LogP contribution is -2.53. The number of nitrogens with one attached hydrogen (secondary N) is 1. The molecule has 0 aromatic rings. The van der Waals surface area contributed by atoms with Crippen molar-refractivity contribution in [3.05, 3.63) is 0 Å². The van der Waals surface area contributed by atoms with Crippen LogP contribution in [-0.4, -0.2) is 28.8 Å². The minimum absolute atomic E-state index is 0.00164. The highest BCUT2D eigenvalue weighted by molar-refractivity contribution is 5.78. The van der Waals surface area contributed by atoms with E-state index in [1.165, 1.54) is 6.92 Å². The number of aliphatic carboxylic acids is 1. The lowest BCUT2D eigenvalue weighted by atomic mass is 9.93. The summed E-state index contributed by atoms with van der Waals surface area (Å²) in [7, 11) is 0. The lowest BCUT2D eigenvalue weighted by Gasteiger charge is -2.30. The van der Waals surface area contributed by atoms with E-state index in [-0.39, 0.29) is 18.9 Å². The van der Waals surface area contributed by atoms with Crippen molar-refractivity contribution in [2.45, 2.75) is 69.6 Å². The van der Waals surface area contributed by atoms with Gasteiger partial charge in [-0.05, 0) is 32.6 Å². The van der Waals surface area contributed by atoms with Crippen molar-refractivity contribution < 1.29 is 23.1 Å². The minimum atomic E-state index is -4.22. The first kappa shape index (κ1) is 15.3. The fraction of sp³-hybridized carbons (Fsp3) is 0.917. The van der Waals surface area contributed by atoms with Gasteiger partial charge in [-0.25, -0.2) is 0 Å². The number of carboxylic acids is 1. The number of carboxylic acid groups (broad SMARTS) is 1. The van der Waals surface area contributed by atoms with Crippen LogP contribution in [0.4, 0.5) is 13.2 Å². The zero-order valence-corrected chi connectivity index (χ0v) is 10.5. The molecule has 0 amide bonds. The topological polar surface area (TPSA) is 49.3 Å². The molecule has 6 heteroatoms. The Labute approximate surface area is 105 Å². The summed E-state index contributed by atoms with van der Waals surface area (Å²) in [6.07, 6.45) is -1.39. The van der Waals surface area contributed by atoms with Gasteiger partial charge in [-0.3, -0.25) is 10.1 Å². The molecule has 0 radical (unpaired) electrons. The summed E-state index contributed by atoms with van der Waals surface area (Å²) >= 11 is 0. The first-order valence-corrected chi connectivity index (χ1v) is 6.31. The Morgan fingerprint density at radius 1 is 1.28 bits per heavy atom. The van der Waals surface area contributed by atoms with Crippen LogP contribution in [0.3, 0.4) is 0 Å². The van der Waals surface area contributed by atoms with E-state index in [1.54, 1.807) is 0 Å². The van der Waals surface area contributed by atoms with Crippen molar-refractivity contribution >= 4 is 5.97 Å². The Balaban J connectivity index is 2.48. The van der Waals surface area contributed by atoms with Gasteiger partial charge in [-0.1, -0.05) is 12.8 Å². The molecule has 0 saturated heterocycles. The normalized spacial score (nSPS) is 20.9. The van der Waals surface area contributed by atoms with E-state index in [1.807, 2.05) is 0 Å². The summed E-state index contributed by atoms with van der Waals surface area (Å²) in [6, 6.07) is 0.122. The van der Waals surface area contributed by atoms with E-state index in [0.717, 1.165) is 25.7 Å². The monoisotopic (exact) mass is 267 g/mol. The van der Waals surface area contributed by atoms with E-state index in [0.29, 0.717) is 0 Å². The average Bonchev–Trinajstić information content (AvgIpc) is 2.67. The molecule has 2 N–H and O–H groups in total. The fourth-order valence-electron chi connectivity index (χ4n) is 2.40. The van der Waals surface area contributed by atoms with Gasteiger partial charge >= 0.3 is 12.1 Å². The molecule has 1 atom stereocenters. The molecule has 0 spiro atoms. The predicted octanol–water partition coefficient (Wildman–Crippen LogP) is 3.09. The number of carbonyl (C=O) groups is 1. The maximum atomic E-state index is 12.1. The van der Waals surface area contributed by atoms with Crippen LogP contribution in [0, 0.1) is 0 Å². The van der Waals surface area contributed by atoms with E-state index in [9.17, 15) is 23.1 Å². The minimum Gasteiger partial charge on any atom is -0.480 e. The average molecular weight is 267 g/mol. The largest absolute Gasteiger partial charge is 0.480 e. The van der Waals surface area contributed by atoms with Crippen LogP contribution in [-0.2, 0) is 4.79 Å². The SMILES string of the molecule is CC(CCCC(F)(F)F)(NC1CCCC1)C(=O)O. The Kier molecular flexibility index (Phi) is 5.01. The second kappa shape index (κ2) is 5.91. The van der Waals surface area contributed by atoms with E-state index in [2.05, 4.69) is 5.32 Å². The molecule has 1 aliphatic rings. The first-order valence-electron chi connectivity index (χ1n) is 6.31. The quantitative estimate of drug-likeness (QED) is 0.777. The molecule has 3 nitrogen and oxygen atoms in total. The zero-order valence-electron chi connectivity index (χ0n) is 10.5. The number of halogens is 3. The molecule has 0 heterocycles. The van der Waals surface area contributed by atoms with Crippen molar-refractivity contribution in [1.82, 2.24) is 5.32 Å². The van der Waals surface area contributed by atoms with Crippen molar-refractivity contribution in [2.24, 2.45) is 0 Å². The molecule has 1 fully saturated rings. The number of alkyl halides is 3. The molecule has 0 aromatic carbocycles. The molecule has 18 heavy (non-hydrogen) atoms. The van der Waals surface area contributed by atoms with Crippen LogP contribution in [0.25, 0.3) is 0 Å². The van der Waals surface area contributed by atoms with Gasteiger partial charge in [0.25, 0.3) is 0 Å². The molecule has 0 aliphatic heterocycles. The summed E-state index contributed by atoms with van der Waals surface area (Å²) in [5.74, 6) is -1.07. The van der Waals surface area contributed by atoms with E-state index >= 15 is 0 Å². The molecule has 0 bridgehead atoms. The molecule has 0 aromatic heterocycles. The lowest BCUT2D eigenvalue weighted by molar-refractivity contribution is -0.148. The Morgan fingerprint density at radius 2 is 1.83 bits per heavy atom. The van der Waals surface area contributed by atoms with Gasteiger partial charge < -0.3 is 5.11 Å². The van der Waals surface area contributed by atoms with Crippen molar-refractivity contribution in [1.29, 1.82) is 0 Å². The van der Waals surface area contributed by atoms with Gasteiger partial charge in [-0.15, -0.1) is 0 Å². The van der Waals surface area contributed by atoms with Gasteiger partial charge in [0.1, 0.15) is 5.54 Å². The van der Waals surface area contributed by atoms with Crippen LogP contribution in [0.1, 0.15) is 51.9 Å². The first-order chi connectivity index (χ1) is 8.23. The van der Waals surface area contributed by atoms with Gasteiger partial charge in [0.15, 0.2) is 0 Å². The van der Waals surface area contributed by atoms with Gasteiger partial charge in [0.2, 0.25) is 0 Å². The third kappa shape index (κ3) is 4.84. The predicted molar refractivity (Wildman–Crippen MR) is 61.3 cm³/mol. The number of hydrogen-bond acceptors (Lipinski definition) is 2. The summed E-state index contributed by atoms with van der Waals surface area (Å²) < 4.78 is 36.2. The molecule has 1 aliphatic carbocycles. The van der Waals surface area contributed by atoms with Gasteiger partial charge in [0, 0.05) is 12.5 Å². The van der Waals surface area contributed by atoms with Gasteiger partial charge in [0.05, 0.1) is 0 Å². The Morgan fingerprint density at radius 3 is 2.28 bits per heavy atom. The Hall–Kier alpha value is -0.780. The summed E-state index contributed by atoms with van der Waals surface area (Å²) in [6.45, 7) is 1.48. The maximum absolute atomic E-state index is 12.1. The van der Waals surface area contributed by atoms with E-state index in [4.69, 9.17) is 0 Å². The fourth-order valence-corrected chi connectivity index (χ4v) is 2.40.